The van der Waals surface area contributed by atoms with Crippen molar-refractivity contribution >= 4 is 64.2 Å². The Hall–Kier alpha value is -2.79. The molecule has 13 heteroatoms. The number of nitrogens with zero attached hydrogens (tertiary/aromatic N) is 3. The molecule has 1 aliphatic rings. The molecule has 0 bridgehead atoms. The van der Waals surface area contributed by atoms with Crippen molar-refractivity contribution in [3.8, 4) is 0 Å². The number of amides is 3. The van der Waals surface area contributed by atoms with Crippen LogP contribution in [-0.4, -0.2) is 47.9 Å². The number of aromatic nitrogens is 1. The second kappa shape index (κ2) is 10.8. The third kappa shape index (κ3) is 5.63. The van der Waals surface area contributed by atoms with Crippen LogP contribution in [0.3, 0.4) is 0 Å². The molecular weight excluding hydrogens is 581 g/mol. The maximum Gasteiger partial charge on any atom is 0.362 e. The van der Waals surface area contributed by atoms with Gasteiger partial charge in [0.2, 0.25) is 0 Å². The molecule has 2 heterocycles. The van der Waals surface area contributed by atoms with Crippen molar-refractivity contribution in [1.29, 1.82) is 0 Å². The van der Waals surface area contributed by atoms with Crippen LogP contribution in [0.2, 0.25) is 10.0 Å². The van der Waals surface area contributed by atoms with Gasteiger partial charge in [0.05, 0.1) is 10.0 Å². The highest BCUT2D eigenvalue weighted by atomic mass is 35.5. The molecule has 0 aliphatic carbocycles. The molecule has 0 saturated heterocycles. The van der Waals surface area contributed by atoms with Gasteiger partial charge < -0.3 is 14.8 Å². The molecule has 0 atom stereocenters. The highest BCUT2D eigenvalue weighted by Crippen LogP contribution is 2.41. The van der Waals surface area contributed by atoms with Crippen LogP contribution in [0, 0.1) is 0 Å². The van der Waals surface area contributed by atoms with E-state index >= 15 is 0 Å². The van der Waals surface area contributed by atoms with Gasteiger partial charge in [-0.3, -0.25) is 14.5 Å². The number of pyridine rings is 1. The zero-order chi connectivity index (χ0) is 27.9. The molecule has 200 valence electrons. The lowest BCUT2D eigenvalue weighted by atomic mass is 10.1. The number of rotatable bonds is 5. The van der Waals surface area contributed by atoms with Crippen molar-refractivity contribution in [1.82, 2.24) is 14.8 Å². The van der Waals surface area contributed by atoms with E-state index in [1.807, 2.05) is 4.98 Å². The minimum atomic E-state index is -3.88. The molecule has 3 aromatic rings. The number of hydrogen-bond acceptors (Lipinski definition) is 4. The van der Waals surface area contributed by atoms with Crippen LogP contribution < -0.4 is 10.5 Å². The second-order valence-electron chi connectivity index (χ2n) is 8.75. The van der Waals surface area contributed by atoms with Crippen molar-refractivity contribution in [2.24, 2.45) is 0 Å². The molecule has 0 fully saturated rings. The Labute approximate surface area is 236 Å². The summed E-state index contributed by atoms with van der Waals surface area (Å²) in [6.45, 7) is 0.333. The molecule has 4 rings (SSSR count). The Bertz CT molecular complexity index is 1470. The molecule has 0 unspecified atom stereocenters. The summed E-state index contributed by atoms with van der Waals surface area (Å²) in [6.07, 6.45) is 0. The van der Waals surface area contributed by atoms with Gasteiger partial charge in [-0.2, -0.15) is 8.78 Å². The first kappa shape index (κ1) is 28.2. The van der Waals surface area contributed by atoms with Gasteiger partial charge in [0, 0.05) is 49.7 Å². The van der Waals surface area contributed by atoms with Gasteiger partial charge >= 0.3 is 11.4 Å². The van der Waals surface area contributed by atoms with Crippen LogP contribution in [0.5, 0.6) is 0 Å². The van der Waals surface area contributed by atoms with Gasteiger partial charge in [-0.1, -0.05) is 47.1 Å². The summed E-state index contributed by atoms with van der Waals surface area (Å²) >= 11 is 18.5. The molecule has 0 radical (unpaired) electrons. The number of benzene rings is 2. The maximum absolute atomic E-state index is 13.9. The fourth-order valence-electron chi connectivity index (χ4n) is 3.96. The van der Waals surface area contributed by atoms with Gasteiger partial charge in [0.1, 0.15) is 11.3 Å². The van der Waals surface area contributed by atoms with Gasteiger partial charge in [-0.25, -0.2) is 4.79 Å². The van der Waals surface area contributed by atoms with E-state index in [0.29, 0.717) is 10.6 Å². The molecule has 0 spiro atoms. The number of carbonyl (C=O) groups excluding carboxylic acids is 2. The van der Waals surface area contributed by atoms with Crippen LogP contribution in [0.1, 0.15) is 27.2 Å². The monoisotopic (exact) mass is 600 g/mol. The highest BCUT2D eigenvalue weighted by molar-refractivity contribution is 7.99. The van der Waals surface area contributed by atoms with Crippen LogP contribution in [0.25, 0.3) is 0 Å². The predicted octanol–water partition coefficient (Wildman–Crippen LogP) is 6.39. The average molecular weight is 602 g/mol. The first-order chi connectivity index (χ1) is 17.8. The molecule has 7 nitrogen and oxygen atoms in total. The van der Waals surface area contributed by atoms with Crippen LogP contribution in [-0.2, 0) is 18.5 Å². The first-order valence-corrected chi connectivity index (χ1v) is 13.1. The van der Waals surface area contributed by atoms with E-state index in [0.717, 1.165) is 29.0 Å². The molecule has 0 saturated carbocycles. The Balaban J connectivity index is 1.71. The summed E-state index contributed by atoms with van der Waals surface area (Å²) in [4.78, 5) is 45.5. The fourth-order valence-corrected chi connectivity index (χ4v) is 5.70. The number of anilines is 1. The quantitative estimate of drug-likeness (QED) is 0.344. The van der Waals surface area contributed by atoms with Crippen LogP contribution in [0.4, 0.5) is 19.3 Å². The van der Waals surface area contributed by atoms with E-state index in [4.69, 9.17) is 34.8 Å². The predicted molar refractivity (Wildman–Crippen MR) is 145 cm³/mol. The number of H-pyrrole nitrogens is 1. The minimum Gasteiger partial charge on any atom is -0.330 e. The lowest BCUT2D eigenvalue weighted by molar-refractivity contribution is 0.0740. The van der Waals surface area contributed by atoms with Gasteiger partial charge in [-0.15, -0.1) is 0 Å². The van der Waals surface area contributed by atoms with Gasteiger partial charge in [0.15, 0.2) is 0 Å². The summed E-state index contributed by atoms with van der Waals surface area (Å²) in [5.41, 5.74) is 0.0201. The lowest BCUT2D eigenvalue weighted by Gasteiger charge is -2.22. The number of alkyl halides is 3. The topological polar surface area (TPSA) is 76.7 Å². The first-order valence-electron chi connectivity index (χ1n) is 11.1. The number of nitrogens with one attached hydrogen (secondary N) is 1. The summed E-state index contributed by atoms with van der Waals surface area (Å²) in [5, 5.41) is -3.44. The smallest absolute Gasteiger partial charge is 0.330 e. The molecule has 38 heavy (non-hydrogen) atoms. The lowest BCUT2D eigenvalue weighted by Crippen LogP contribution is -2.36. The molecule has 1 aromatic heterocycles. The summed E-state index contributed by atoms with van der Waals surface area (Å²) in [6, 6.07) is 10.8. The molecular formula is C25H21Cl3F2N4O3S. The fraction of sp³-hybridized carbons (Fsp3) is 0.240. The average Bonchev–Trinajstić information content (AvgIpc) is 3.27. The molecule has 3 amide bonds. The van der Waals surface area contributed by atoms with Crippen LogP contribution in [0.15, 0.2) is 57.1 Å². The summed E-state index contributed by atoms with van der Waals surface area (Å²) in [5.74, 6) is -0.670. The number of urea groups is 1. The number of halogens is 5. The largest absolute Gasteiger partial charge is 0.362 e. The second-order valence-corrected chi connectivity index (χ2v) is 11.1. The minimum absolute atomic E-state index is 0.0722. The molecule has 2 aromatic carbocycles. The summed E-state index contributed by atoms with van der Waals surface area (Å²) < 4.78 is 27.9. The SMILES string of the molecule is CN(C)C(=O)N(C)c1ccc2c(c1)CN(C(=O)c1c(Sc3c(Cl)cccc3Cl)cc(C(F)(F)Cl)[nH]c1=O)C2. The van der Waals surface area contributed by atoms with E-state index in [2.05, 4.69) is 0 Å². The Morgan fingerprint density at radius 3 is 2.26 bits per heavy atom. The number of aromatic amines is 1. The zero-order valence-corrected chi connectivity index (χ0v) is 23.4. The molecule has 1 N–H and O–H groups in total. The Morgan fingerprint density at radius 1 is 1.03 bits per heavy atom. The number of hydrogen-bond donors (Lipinski definition) is 1. The number of fused-ring (bicyclic) bond motifs is 1. The van der Waals surface area contributed by atoms with Crippen molar-refractivity contribution in [3.63, 3.8) is 0 Å². The number of carbonyl (C=O) groups is 2. The third-order valence-electron chi connectivity index (χ3n) is 5.90. The third-order valence-corrected chi connectivity index (χ3v) is 8.15. The van der Waals surface area contributed by atoms with Crippen molar-refractivity contribution in [2.45, 2.75) is 28.3 Å². The standard InChI is InChI=1S/C25H21Cl3F2N4O3S/c1-32(2)24(37)33(3)15-8-7-13-11-34(12-14(13)9-15)23(36)20-18(10-19(25(28,29)30)31-22(20)35)38-21-16(26)5-4-6-17(21)27/h4-10H,11-12H2,1-3H3,(H,31,35). The Kier molecular flexibility index (Phi) is 7.99. The van der Waals surface area contributed by atoms with E-state index in [9.17, 15) is 23.2 Å². The van der Waals surface area contributed by atoms with E-state index < -0.39 is 22.5 Å². The van der Waals surface area contributed by atoms with E-state index in [1.165, 1.54) is 14.7 Å². The Morgan fingerprint density at radius 2 is 1.66 bits per heavy atom. The zero-order valence-electron chi connectivity index (χ0n) is 20.3. The van der Waals surface area contributed by atoms with E-state index in [1.54, 1.807) is 57.5 Å². The van der Waals surface area contributed by atoms with Gasteiger partial charge in [-0.05, 0) is 53.1 Å². The van der Waals surface area contributed by atoms with E-state index in [-0.39, 0.29) is 39.6 Å². The highest BCUT2D eigenvalue weighted by Gasteiger charge is 2.34. The van der Waals surface area contributed by atoms with Crippen LogP contribution >= 0.6 is 46.6 Å². The van der Waals surface area contributed by atoms with Gasteiger partial charge in [0.25, 0.3) is 11.5 Å². The maximum atomic E-state index is 13.9. The van der Waals surface area contributed by atoms with Crippen molar-refractivity contribution < 1.29 is 18.4 Å². The summed E-state index contributed by atoms with van der Waals surface area (Å²) in [7, 11) is 4.92. The normalized spacial score (nSPS) is 12.9. The molecule has 1 aliphatic heterocycles. The van der Waals surface area contributed by atoms with Crippen molar-refractivity contribution in [2.75, 3.05) is 26.0 Å². The van der Waals surface area contributed by atoms with Crippen molar-refractivity contribution in [3.05, 3.63) is 85.2 Å².